The summed E-state index contributed by atoms with van der Waals surface area (Å²) in [4.78, 5) is 16.9. The van der Waals surface area contributed by atoms with Gasteiger partial charge >= 0.3 is 12.1 Å². The number of alkyl halides is 3. The zero-order valence-electron chi connectivity index (χ0n) is 14.8. The maximum Gasteiger partial charge on any atom is 0.411 e. The predicted molar refractivity (Wildman–Crippen MR) is 95.8 cm³/mol. The number of oxime groups is 1. The van der Waals surface area contributed by atoms with Crippen LogP contribution in [-0.4, -0.2) is 31.6 Å². The lowest BCUT2D eigenvalue weighted by atomic mass is 10.00. The first-order chi connectivity index (χ1) is 13.4. The molecule has 0 spiro atoms. The summed E-state index contributed by atoms with van der Waals surface area (Å²) in [5.41, 5.74) is 2.34. The molecule has 5 nitrogen and oxygen atoms in total. The van der Waals surface area contributed by atoms with Crippen molar-refractivity contribution in [3.8, 4) is 5.75 Å². The Morgan fingerprint density at radius 3 is 2.57 bits per heavy atom. The average Bonchev–Trinajstić information content (AvgIpc) is 3.02. The molecule has 0 atom stereocenters. The molecule has 2 aromatic carbocycles. The summed E-state index contributed by atoms with van der Waals surface area (Å²) < 4.78 is 46.8. The lowest BCUT2D eigenvalue weighted by Crippen LogP contribution is -2.16. The number of nitrogens with zero attached hydrogens (tertiary/aromatic N) is 1. The molecule has 1 aliphatic rings. The Balaban J connectivity index is 1.87. The maximum atomic E-state index is 12.3. The van der Waals surface area contributed by atoms with Gasteiger partial charge in [0.1, 0.15) is 18.1 Å². The van der Waals surface area contributed by atoms with E-state index in [1.54, 1.807) is 36.4 Å². The Hall–Kier alpha value is -3.13. The molecule has 146 valence electrons. The molecule has 8 heteroatoms. The van der Waals surface area contributed by atoms with Crippen LogP contribution in [0, 0.1) is 0 Å². The van der Waals surface area contributed by atoms with Gasteiger partial charge in [0.25, 0.3) is 0 Å². The molecular weight excluding hydrogens is 375 g/mol. The molecule has 0 bridgehead atoms. The molecule has 2 aromatic rings. The third-order valence-corrected chi connectivity index (χ3v) is 3.88. The van der Waals surface area contributed by atoms with Crippen molar-refractivity contribution in [1.82, 2.24) is 0 Å². The molecule has 0 saturated carbocycles. The summed E-state index contributed by atoms with van der Waals surface area (Å²) in [7, 11) is 1.41. The highest BCUT2D eigenvalue weighted by molar-refractivity contribution is 6.31. The highest BCUT2D eigenvalue weighted by Crippen LogP contribution is 2.26. The molecule has 0 saturated heterocycles. The van der Waals surface area contributed by atoms with Crippen molar-refractivity contribution >= 4 is 17.8 Å². The summed E-state index contributed by atoms with van der Waals surface area (Å²) >= 11 is 0. The third-order valence-electron chi connectivity index (χ3n) is 3.88. The van der Waals surface area contributed by atoms with Crippen LogP contribution < -0.4 is 4.74 Å². The fraction of sp³-hybridized carbons (Fsp3) is 0.200. The fourth-order valence-corrected chi connectivity index (χ4v) is 2.66. The number of carbonyl (C=O) groups is 1. The second kappa shape index (κ2) is 8.26. The van der Waals surface area contributed by atoms with E-state index in [0.29, 0.717) is 28.2 Å². The minimum Gasteiger partial charge on any atom is -0.496 e. The molecule has 0 aromatic heterocycles. The van der Waals surface area contributed by atoms with Gasteiger partial charge in [-0.2, -0.15) is 13.2 Å². The number of rotatable bonds is 6. The Kier molecular flexibility index (Phi) is 5.79. The van der Waals surface area contributed by atoms with Crippen LogP contribution in [0.5, 0.6) is 5.75 Å². The molecule has 3 rings (SSSR count). The number of benzene rings is 2. The van der Waals surface area contributed by atoms with Crippen LogP contribution in [0.1, 0.15) is 16.7 Å². The van der Waals surface area contributed by atoms with Crippen molar-refractivity contribution < 1.29 is 32.3 Å². The average molecular weight is 391 g/mol. The number of carbonyl (C=O) groups excluding carboxylic acids is 1. The van der Waals surface area contributed by atoms with Gasteiger partial charge in [-0.25, -0.2) is 4.79 Å². The SMILES string of the molecule is COc1ccc(/C=C2\C(=O)ON=C2c2ccccc2)cc1COCC(F)(F)F. The van der Waals surface area contributed by atoms with E-state index >= 15 is 0 Å². The molecule has 0 aliphatic carbocycles. The van der Waals surface area contributed by atoms with E-state index in [1.807, 2.05) is 18.2 Å². The largest absolute Gasteiger partial charge is 0.496 e. The Bertz CT molecular complexity index is 921. The summed E-state index contributed by atoms with van der Waals surface area (Å²) in [6.45, 7) is -1.65. The van der Waals surface area contributed by atoms with Crippen LogP contribution in [0.15, 0.2) is 59.3 Å². The minimum absolute atomic E-state index is 0.249. The zero-order chi connectivity index (χ0) is 20.1. The van der Waals surface area contributed by atoms with Crippen LogP contribution in [-0.2, 0) is 21.0 Å². The molecule has 0 amide bonds. The van der Waals surface area contributed by atoms with Gasteiger partial charge in [-0.15, -0.1) is 0 Å². The van der Waals surface area contributed by atoms with Crippen LogP contribution in [0.25, 0.3) is 6.08 Å². The molecule has 0 fully saturated rings. The fourth-order valence-electron chi connectivity index (χ4n) is 2.66. The van der Waals surface area contributed by atoms with Crippen molar-refractivity contribution in [3.05, 3.63) is 70.8 Å². The molecule has 1 heterocycles. The van der Waals surface area contributed by atoms with Crippen LogP contribution >= 0.6 is 0 Å². The summed E-state index contributed by atoms with van der Waals surface area (Å²) in [5, 5.41) is 3.82. The first kappa shape index (κ1) is 19.6. The van der Waals surface area contributed by atoms with Gasteiger partial charge in [-0.3, -0.25) is 0 Å². The van der Waals surface area contributed by atoms with Crippen LogP contribution in [0.3, 0.4) is 0 Å². The highest BCUT2D eigenvalue weighted by Gasteiger charge is 2.28. The van der Waals surface area contributed by atoms with E-state index in [-0.39, 0.29) is 12.2 Å². The third kappa shape index (κ3) is 4.77. The first-order valence-electron chi connectivity index (χ1n) is 8.25. The van der Waals surface area contributed by atoms with Crippen molar-refractivity contribution in [2.24, 2.45) is 5.16 Å². The topological polar surface area (TPSA) is 57.1 Å². The van der Waals surface area contributed by atoms with Gasteiger partial charge in [0.2, 0.25) is 0 Å². The number of halogens is 3. The Morgan fingerprint density at radius 2 is 1.89 bits per heavy atom. The normalized spacial score (nSPS) is 15.5. The monoisotopic (exact) mass is 391 g/mol. The van der Waals surface area contributed by atoms with Gasteiger partial charge in [0.05, 0.1) is 19.3 Å². The van der Waals surface area contributed by atoms with Crippen molar-refractivity contribution in [1.29, 1.82) is 0 Å². The van der Waals surface area contributed by atoms with Crippen molar-refractivity contribution in [3.63, 3.8) is 0 Å². The van der Waals surface area contributed by atoms with E-state index in [1.165, 1.54) is 7.11 Å². The summed E-state index contributed by atoms with van der Waals surface area (Å²) in [5.74, 6) is -0.222. The number of ether oxygens (including phenoxy) is 2. The van der Waals surface area contributed by atoms with E-state index < -0.39 is 18.8 Å². The van der Waals surface area contributed by atoms with Gasteiger partial charge in [0.15, 0.2) is 0 Å². The van der Waals surface area contributed by atoms with Gasteiger partial charge in [-0.05, 0) is 23.8 Å². The summed E-state index contributed by atoms with van der Waals surface area (Å²) in [6, 6.07) is 13.9. The smallest absolute Gasteiger partial charge is 0.411 e. The predicted octanol–water partition coefficient (Wildman–Crippen LogP) is 4.12. The lowest BCUT2D eigenvalue weighted by molar-refractivity contribution is -0.176. The van der Waals surface area contributed by atoms with Crippen LogP contribution in [0.4, 0.5) is 13.2 Å². The van der Waals surface area contributed by atoms with E-state index in [4.69, 9.17) is 14.3 Å². The number of hydrogen-bond donors (Lipinski definition) is 0. The Labute approximate surface area is 159 Å². The molecule has 0 unspecified atom stereocenters. The van der Waals surface area contributed by atoms with E-state index in [9.17, 15) is 18.0 Å². The van der Waals surface area contributed by atoms with Gasteiger partial charge in [0, 0.05) is 11.1 Å². The van der Waals surface area contributed by atoms with E-state index in [2.05, 4.69) is 5.16 Å². The molecular formula is C20H16F3NO4. The minimum atomic E-state index is -4.42. The maximum absolute atomic E-state index is 12.3. The standard InChI is InChI=1S/C20H16F3NO4/c1-26-17-8-7-13(9-15(17)11-27-12-20(21,22)23)10-16-18(24-28-19(16)25)14-5-3-2-4-6-14/h2-10H,11-12H2,1H3/b16-10-. The molecule has 0 N–H and O–H groups in total. The van der Waals surface area contributed by atoms with Crippen molar-refractivity contribution in [2.45, 2.75) is 12.8 Å². The second-order valence-corrected chi connectivity index (χ2v) is 5.92. The highest BCUT2D eigenvalue weighted by atomic mass is 19.4. The lowest BCUT2D eigenvalue weighted by Gasteiger charge is -2.12. The molecule has 28 heavy (non-hydrogen) atoms. The first-order valence-corrected chi connectivity index (χ1v) is 8.25. The second-order valence-electron chi connectivity index (χ2n) is 5.92. The van der Waals surface area contributed by atoms with Gasteiger partial charge in [-0.1, -0.05) is 41.6 Å². The zero-order valence-corrected chi connectivity index (χ0v) is 14.8. The van der Waals surface area contributed by atoms with Crippen LogP contribution in [0.2, 0.25) is 0 Å². The quantitative estimate of drug-likeness (QED) is 0.549. The van der Waals surface area contributed by atoms with Gasteiger partial charge < -0.3 is 14.3 Å². The molecule has 1 aliphatic heterocycles. The Morgan fingerprint density at radius 1 is 1.14 bits per heavy atom. The molecule has 0 radical (unpaired) electrons. The number of hydrogen-bond acceptors (Lipinski definition) is 5. The number of methoxy groups -OCH3 is 1. The summed E-state index contributed by atoms with van der Waals surface area (Å²) in [6.07, 6.45) is -2.85. The van der Waals surface area contributed by atoms with E-state index in [0.717, 1.165) is 0 Å². The van der Waals surface area contributed by atoms with Crippen molar-refractivity contribution in [2.75, 3.05) is 13.7 Å².